The number of nitrogens with zero attached hydrogens (tertiary/aromatic N) is 1. The van der Waals surface area contributed by atoms with Crippen molar-refractivity contribution in [2.75, 3.05) is 40.9 Å². The maximum Gasteiger partial charge on any atom is 0.268 e. The summed E-state index contributed by atoms with van der Waals surface area (Å²) in [6, 6.07) is -0.885. The molecule has 0 spiro atoms. The van der Waals surface area contributed by atoms with Gasteiger partial charge in [0.2, 0.25) is 5.91 Å². The number of allylic oxidation sites excluding steroid dienone is 1. The Kier molecular flexibility index (Phi) is 69.0. The summed E-state index contributed by atoms with van der Waals surface area (Å²) in [5.74, 6) is -0.186. The van der Waals surface area contributed by atoms with Gasteiger partial charge >= 0.3 is 0 Å². The molecule has 0 aromatic heterocycles. The van der Waals surface area contributed by atoms with Crippen molar-refractivity contribution in [1.82, 2.24) is 5.32 Å². The number of unbranched alkanes of at least 4 members (excludes halogenated alkanes) is 62. The van der Waals surface area contributed by atoms with Crippen molar-refractivity contribution >= 4 is 13.7 Å². The molecule has 8 nitrogen and oxygen atoms in total. The maximum absolute atomic E-state index is 13.1. The second-order valence-corrected chi connectivity index (χ2v) is 30.2. The number of hydrogen-bond donors (Lipinski definition) is 2. The smallest absolute Gasteiger partial charge is 0.268 e. The predicted octanol–water partition coefficient (Wildman–Crippen LogP) is 25.0. The minimum absolute atomic E-state index is 0.00316. The molecule has 0 aliphatic carbocycles. The number of phosphoric ester groups is 1. The molecule has 520 valence electrons. The number of nitrogens with one attached hydrogen (secondary N) is 1. The third-order valence-electron chi connectivity index (χ3n) is 18.7. The van der Waals surface area contributed by atoms with Crippen LogP contribution in [-0.2, 0) is 18.4 Å². The highest BCUT2D eigenvalue weighted by molar-refractivity contribution is 7.45. The second kappa shape index (κ2) is 69.6. The largest absolute Gasteiger partial charge is 0.756 e. The van der Waals surface area contributed by atoms with Crippen molar-refractivity contribution in [3.63, 3.8) is 0 Å². The average molecular weight is 1250 g/mol. The molecule has 0 radical (unpaired) electrons. The molecule has 1 amide bonds. The van der Waals surface area contributed by atoms with Crippen LogP contribution in [0, 0.1) is 0 Å². The van der Waals surface area contributed by atoms with Crippen molar-refractivity contribution in [1.29, 1.82) is 0 Å². The summed E-state index contributed by atoms with van der Waals surface area (Å²) >= 11 is 0. The third kappa shape index (κ3) is 72.5. The lowest BCUT2D eigenvalue weighted by atomic mass is 10.0. The summed E-state index contributed by atoms with van der Waals surface area (Å²) in [5.41, 5.74) is 0. The number of aliphatic hydroxyl groups is 1. The Bertz CT molecular complexity index is 1420. The number of carbonyl (C=O) groups excluding carboxylic acids is 1. The van der Waals surface area contributed by atoms with E-state index in [9.17, 15) is 19.4 Å². The molecule has 0 aromatic carbocycles. The molecule has 0 aromatic rings. The Balaban J connectivity index is 3.94. The number of carbonyl (C=O) groups is 1. The van der Waals surface area contributed by atoms with Crippen LogP contribution in [0.1, 0.15) is 431 Å². The Hall–Kier alpha value is -0.760. The fourth-order valence-electron chi connectivity index (χ4n) is 12.6. The first kappa shape index (κ1) is 86.2. The fraction of sp³-hybridized carbons (Fsp3) is 0.962. The zero-order valence-corrected chi connectivity index (χ0v) is 60.7. The van der Waals surface area contributed by atoms with Crippen molar-refractivity contribution in [2.45, 2.75) is 443 Å². The van der Waals surface area contributed by atoms with Gasteiger partial charge in [0.15, 0.2) is 0 Å². The predicted molar refractivity (Wildman–Crippen MR) is 381 cm³/mol. The summed E-state index contributed by atoms with van der Waals surface area (Å²) in [7, 11) is 1.29. The van der Waals surface area contributed by atoms with Gasteiger partial charge in [0.05, 0.1) is 39.9 Å². The highest BCUT2D eigenvalue weighted by atomic mass is 31.2. The quantitative estimate of drug-likeness (QED) is 0.0272. The second-order valence-electron chi connectivity index (χ2n) is 28.8. The highest BCUT2D eigenvalue weighted by Gasteiger charge is 2.23. The summed E-state index contributed by atoms with van der Waals surface area (Å²) in [6.07, 6.45) is 91.0. The van der Waals surface area contributed by atoms with Crippen LogP contribution in [-0.4, -0.2) is 68.5 Å². The van der Waals surface area contributed by atoms with E-state index in [1.165, 1.54) is 372 Å². The summed E-state index contributed by atoms with van der Waals surface area (Å²) in [4.78, 5) is 25.7. The van der Waals surface area contributed by atoms with E-state index in [4.69, 9.17) is 9.05 Å². The lowest BCUT2D eigenvalue weighted by molar-refractivity contribution is -0.870. The van der Waals surface area contributed by atoms with Crippen LogP contribution in [0.3, 0.4) is 0 Å². The highest BCUT2D eigenvalue weighted by Crippen LogP contribution is 2.38. The molecule has 3 unspecified atom stereocenters. The minimum atomic E-state index is -4.60. The number of aliphatic hydroxyl groups excluding tert-OH is 1. The molecule has 0 bridgehead atoms. The molecular formula is C78H157N2O6P. The van der Waals surface area contributed by atoms with Crippen LogP contribution in [0.5, 0.6) is 0 Å². The molecule has 87 heavy (non-hydrogen) atoms. The van der Waals surface area contributed by atoms with E-state index in [1.807, 2.05) is 27.2 Å². The monoisotopic (exact) mass is 1250 g/mol. The topological polar surface area (TPSA) is 108 Å². The number of phosphoric acid groups is 1. The molecular weight excluding hydrogens is 1090 g/mol. The number of rotatable bonds is 75. The first-order chi connectivity index (χ1) is 42.5. The van der Waals surface area contributed by atoms with Gasteiger partial charge in [0.1, 0.15) is 13.2 Å². The number of quaternary nitrogens is 1. The average Bonchev–Trinajstić information content (AvgIpc) is 3.70. The van der Waals surface area contributed by atoms with Gasteiger partial charge in [-0.25, -0.2) is 0 Å². The molecule has 0 saturated carbocycles. The zero-order chi connectivity index (χ0) is 63.4. The van der Waals surface area contributed by atoms with Gasteiger partial charge < -0.3 is 28.8 Å². The van der Waals surface area contributed by atoms with E-state index < -0.39 is 20.0 Å². The fourth-order valence-corrected chi connectivity index (χ4v) is 13.4. The van der Waals surface area contributed by atoms with Gasteiger partial charge in [-0.15, -0.1) is 0 Å². The van der Waals surface area contributed by atoms with Gasteiger partial charge in [-0.2, -0.15) is 0 Å². The Morgan fingerprint density at radius 2 is 0.621 bits per heavy atom. The van der Waals surface area contributed by atoms with E-state index in [1.54, 1.807) is 6.08 Å². The summed E-state index contributed by atoms with van der Waals surface area (Å²) < 4.78 is 23.5. The molecule has 9 heteroatoms. The Labute approximate surface area is 545 Å². The zero-order valence-electron chi connectivity index (χ0n) is 59.8. The van der Waals surface area contributed by atoms with Gasteiger partial charge in [0, 0.05) is 6.42 Å². The minimum Gasteiger partial charge on any atom is -0.756 e. The molecule has 0 rings (SSSR count). The SMILES string of the molecule is CCCCCCCCCCCCCCCCCCCCCCCCCCCCCCC/C=C/C(O)C(COP(=O)([O-])OCC[N+](C)(C)C)NC(=O)CCCCCCCCCCCCCCCCCCCCCCCCCCCCCCCCCCCC. The third-order valence-corrected chi connectivity index (χ3v) is 19.7. The van der Waals surface area contributed by atoms with Crippen LogP contribution in [0.4, 0.5) is 0 Å². The number of hydrogen-bond acceptors (Lipinski definition) is 6. The van der Waals surface area contributed by atoms with Crippen LogP contribution < -0.4 is 10.2 Å². The van der Waals surface area contributed by atoms with Gasteiger partial charge in [0.25, 0.3) is 7.82 Å². The van der Waals surface area contributed by atoms with E-state index in [-0.39, 0.29) is 19.1 Å². The molecule has 0 heterocycles. The first-order valence-electron chi connectivity index (χ1n) is 39.6. The summed E-state index contributed by atoms with van der Waals surface area (Å²) in [6.45, 7) is 4.73. The normalized spacial score (nSPS) is 13.5. The van der Waals surface area contributed by atoms with Crippen LogP contribution in [0.25, 0.3) is 0 Å². The van der Waals surface area contributed by atoms with E-state index in [0.717, 1.165) is 38.5 Å². The number of likely N-dealkylation sites (N-methyl/N-ethyl adjacent to an activating group) is 1. The standard InChI is InChI=1S/C78H157N2O6P/c1-6-8-10-12-14-16-18-20-22-24-26-28-30-32-34-36-38-39-40-42-44-46-48-50-52-54-56-58-60-62-64-66-68-70-72-78(82)79-76(75-86-87(83,84)85-74-73-80(3,4)5)77(81)71-69-67-65-63-61-59-57-55-53-51-49-47-45-43-41-37-35-33-31-29-27-25-23-21-19-17-15-13-11-9-7-2/h69,71,76-77,81H,6-68,70,72-75H2,1-5H3,(H-,79,82,83,84)/b71-69+. The van der Waals surface area contributed by atoms with Crippen molar-refractivity contribution in [3.8, 4) is 0 Å². The molecule has 0 aliphatic rings. The van der Waals surface area contributed by atoms with E-state index >= 15 is 0 Å². The maximum atomic E-state index is 13.1. The van der Waals surface area contributed by atoms with Crippen LogP contribution in [0.15, 0.2) is 12.2 Å². The van der Waals surface area contributed by atoms with E-state index in [2.05, 4.69) is 19.2 Å². The van der Waals surface area contributed by atoms with Gasteiger partial charge in [-0.3, -0.25) is 9.36 Å². The molecule has 3 atom stereocenters. The molecule has 0 aliphatic heterocycles. The molecule has 0 fully saturated rings. The van der Waals surface area contributed by atoms with Gasteiger partial charge in [-0.05, 0) is 19.3 Å². The Morgan fingerprint density at radius 3 is 0.862 bits per heavy atom. The first-order valence-corrected chi connectivity index (χ1v) is 41.0. The summed E-state index contributed by atoms with van der Waals surface area (Å²) in [5, 5.41) is 14.0. The van der Waals surface area contributed by atoms with Crippen LogP contribution in [0.2, 0.25) is 0 Å². The van der Waals surface area contributed by atoms with Crippen molar-refractivity contribution in [3.05, 3.63) is 12.2 Å². The lowest BCUT2D eigenvalue weighted by Crippen LogP contribution is -2.45. The van der Waals surface area contributed by atoms with Crippen molar-refractivity contribution < 1.29 is 32.9 Å². The van der Waals surface area contributed by atoms with Crippen molar-refractivity contribution in [2.24, 2.45) is 0 Å². The molecule has 0 saturated heterocycles. The Morgan fingerprint density at radius 1 is 0.391 bits per heavy atom. The molecule has 2 N–H and O–H groups in total. The van der Waals surface area contributed by atoms with E-state index in [0.29, 0.717) is 17.4 Å². The van der Waals surface area contributed by atoms with Crippen LogP contribution >= 0.6 is 7.82 Å². The van der Waals surface area contributed by atoms with Gasteiger partial charge in [-0.1, -0.05) is 418 Å². The lowest BCUT2D eigenvalue weighted by Gasteiger charge is -2.29. The number of amides is 1.